The topological polar surface area (TPSA) is 53.7 Å². The molecule has 0 spiro atoms. The number of furan rings is 1. The summed E-state index contributed by atoms with van der Waals surface area (Å²) >= 11 is 0. The molecule has 1 aliphatic heterocycles. The average Bonchev–Trinajstić information content (AvgIpc) is 3.07. The van der Waals surface area contributed by atoms with E-state index in [4.69, 9.17) is 4.42 Å². The van der Waals surface area contributed by atoms with Crippen molar-refractivity contribution >= 4 is 5.91 Å². The van der Waals surface area contributed by atoms with E-state index in [1.807, 2.05) is 0 Å². The van der Waals surface area contributed by atoms with E-state index in [0.717, 1.165) is 18.2 Å². The van der Waals surface area contributed by atoms with E-state index in [0.29, 0.717) is 5.76 Å². The van der Waals surface area contributed by atoms with Gasteiger partial charge in [0.2, 0.25) is 0 Å². The molecule has 1 N–H and O–H groups in total. The lowest BCUT2D eigenvalue weighted by atomic mass is 10.0. The molecule has 1 aromatic heterocycles. The number of halogens is 2. The van der Waals surface area contributed by atoms with Gasteiger partial charge in [-0.25, -0.2) is 8.78 Å². The van der Waals surface area contributed by atoms with Crippen LogP contribution in [0.25, 0.3) is 0 Å². The molecule has 0 unspecified atom stereocenters. The summed E-state index contributed by atoms with van der Waals surface area (Å²) in [6.07, 6.45) is -0.626. The highest BCUT2D eigenvalue weighted by Gasteiger charge is 2.38. The minimum Gasteiger partial charge on any atom is -0.456 e. The minimum absolute atomic E-state index is 0.0548. The third-order valence-electron chi connectivity index (χ3n) is 3.81. The van der Waals surface area contributed by atoms with Gasteiger partial charge < -0.3 is 14.4 Å². The summed E-state index contributed by atoms with van der Waals surface area (Å²) in [5.74, 6) is -0.934. The third kappa shape index (κ3) is 2.62. The SMILES string of the molecule is Cc1ccc(C(=O)N2C[C@H](O)C[C@@H]2c2cc(F)ccc2F)o1. The zero-order valence-corrected chi connectivity index (χ0v) is 11.9. The number of aliphatic hydroxyl groups excluding tert-OH is 1. The smallest absolute Gasteiger partial charge is 0.290 e. The number of likely N-dealkylation sites (tertiary alicyclic amines) is 1. The fourth-order valence-corrected chi connectivity index (χ4v) is 2.79. The Morgan fingerprint density at radius 3 is 2.77 bits per heavy atom. The van der Waals surface area contributed by atoms with Crippen molar-refractivity contribution in [3.8, 4) is 0 Å². The van der Waals surface area contributed by atoms with Crippen LogP contribution in [0, 0.1) is 18.6 Å². The van der Waals surface area contributed by atoms with Gasteiger partial charge in [-0.3, -0.25) is 4.79 Å². The number of hydrogen-bond acceptors (Lipinski definition) is 3. The molecule has 6 heteroatoms. The van der Waals surface area contributed by atoms with Crippen LogP contribution in [0.4, 0.5) is 8.78 Å². The Hall–Kier alpha value is -2.21. The number of β-amino-alcohol motifs (C(OH)–C–C–N with tert-alkyl or cyclic N) is 1. The van der Waals surface area contributed by atoms with Crippen LogP contribution in [0.2, 0.25) is 0 Å². The van der Waals surface area contributed by atoms with Gasteiger partial charge in [0.15, 0.2) is 5.76 Å². The predicted molar refractivity (Wildman–Crippen MR) is 74.2 cm³/mol. The van der Waals surface area contributed by atoms with Crippen molar-refractivity contribution in [2.45, 2.75) is 25.5 Å². The Balaban J connectivity index is 1.95. The number of benzene rings is 1. The number of aliphatic hydroxyl groups is 1. The highest BCUT2D eigenvalue weighted by Crippen LogP contribution is 2.35. The number of nitrogens with zero attached hydrogens (tertiary/aromatic N) is 1. The maximum atomic E-state index is 14.0. The van der Waals surface area contributed by atoms with E-state index in [1.165, 1.54) is 11.0 Å². The van der Waals surface area contributed by atoms with Crippen LogP contribution < -0.4 is 0 Å². The monoisotopic (exact) mass is 307 g/mol. The van der Waals surface area contributed by atoms with Gasteiger partial charge in [0, 0.05) is 12.1 Å². The zero-order chi connectivity index (χ0) is 15.9. The van der Waals surface area contributed by atoms with Crippen LogP contribution in [-0.4, -0.2) is 28.6 Å². The molecule has 0 bridgehead atoms. The van der Waals surface area contributed by atoms with Gasteiger partial charge in [-0.15, -0.1) is 0 Å². The van der Waals surface area contributed by atoms with Gasteiger partial charge in [0.05, 0.1) is 12.1 Å². The molecule has 1 amide bonds. The molecule has 2 aromatic rings. The Morgan fingerprint density at radius 1 is 1.32 bits per heavy atom. The maximum Gasteiger partial charge on any atom is 0.290 e. The van der Waals surface area contributed by atoms with Crippen LogP contribution >= 0.6 is 0 Å². The Labute approximate surface area is 126 Å². The average molecular weight is 307 g/mol. The lowest BCUT2D eigenvalue weighted by Gasteiger charge is -2.24. The zero-order valence-electron chi connectivity index (χ0n) is 11.9. The predicted octanol–water partition coefficient (Wildman–Crippen LogP) is 2.81. The molecule has 0 radical (unpaired) electrons. The van der Waals surface area contributed by atoms with Crippen molar-refractivity contribution in [3.05, 3.63) is 59.1 Å². The van der Waals surface area contributed by atoms with Crippen LogP contribution in [0.3, 0.4) is 0 Å². The molecule has 1 saturated heterocycles. The van der Waals surface area contributed by atoms with E-state index in [1.54, 1.807) is 13.0 Å². The summed E-state index contributed by atoms with van der Waals surface area (Å²) in [6.45, 7) is 1.76. The fourth-order valence-electron chi connectivity index (χ4n) is 2.79. The van der Waals surface area contributed by atoms with Gasteiger partial charge in [0.25, 0.3) is 5.91 Å². The van der Waals surface area contributed by atoms with E-state index in [2.05, 4.69) is 0 Å². The Kier molecular flexibility index (Phi) is 3.70. The number of aryl methyl sites for hydroxylation is 1. The molecular formula is C16H15F2NO3. The molecular weight excluding hydrogens is 292 g/mol. The van der Waals surface area contributed by atoms with Crippen molar-refractivity contribution in [1.82, 2.24) is 4.90 Å². The first-order valence-corrected chi connectivity index (χ1v) is 6.96. The van der Waals surface area contributed by atoms with E-state index < -0.39 is 29.7 Å². The van der Waals surface area contributed by atoms with Gasteiger partial charge in [-0.2, -0.15) is 0 Å². The summed E-state index contributed by atoms with van der Waals surface area (Å²) < 4.78 is 32.7. The first-order valence-electron chi connectivity index (χ1n) is 6.96. The summed E-state index contributed by atoms with van der Waals surface area (Å²) in [6, 6.07) is 5.56. The van der Waals surface area contributed by atoms with Gasteiger partial charge in [0.1, 0.15) is 17.4 Å². The van der Waals surface area contributed by atoms with Crippen molar-refractivity contribution < 1.29 is 23.1 Å². The summed E-state index contributed by atoms with van der Waals surface area (Å²) in [5.41, 5.74) is 0.0631. The molecule has 4 nitrogen and oxygen atoms in total. The number of carbonyl (C=O) groups excluding carboxylic acids is 1. The van der Waals surface area contributed by atoms with E-state index in [-0.39, 0.29) is 24.3 Å². The first-order chi connectivity index (χ1) is 10.5. The summed E-state index contributed by atoms with van der Waals surface area (Å²) in [4.78, 5) is 13.8. The lowest BCUT2D eigenvalue weighted by molar-refractivity contribution is 0.0680. The number of hydrogen-bond donors (Lipinski definition) is 1. The van der Waals surface area contributed by atoms with Gasteiger partial charge >= 0.3 is 0 Å². The number of carbonyl (C=O) groups is 1. The highest BCUT2D eigenvalue weighted by molar-refractivity contribution is 5.92. The summed E-state index contributed by atoms with van der Waals surface area (Å²) in [5, 5.41) is 9.85. The van der Waals surface area contributed by atoms with Crippen molar-refractivity contribution in [2.75, 3.05) is 6.54 Å². The van der Waals surface area contributed by atoms with E-state index in [9.17, 15) is 18.7 Å². The van der Waals surface area contributed by atoms with Crippen molar-refractivity contribution in [2.24, 2.45) is 0 Å². The van der Waals surface area contributed by atoms with E-state index >= 15 is 0 Å². The first kappa shape index (κ1) is 14.7. The van der Waals surface area contributed by atoms with Crippen LogP contribution in [0.15, 0.2) is 34.7 Å². The highest BCUT2D eigenvalue weighted by atomic mass is 19.1. The summed E-state index contributed by atoms with van der Waals surface area (Å²) in [7, 11) is 0. The van der Waals surface area contributed by atoms with Gasteiger partial charge in [-0.05, 0) is 43.7 Å². The Bertz CT molecular complexity index is 713. The largest absolute Gasteiger partial charge is 0.456 e. The molecule has 1 fully saturated rings. The molecule has 22 heavy (non-hydrogen) atoms. The Morgan fingerprint density at radius 2 is 2.09 bits per heavy atom. The van der Waals surface area contributed by atoms with Crippen molar-refractivity contribution in [3.63, 3.8) is 0 Å². The fraction of sp³-hybridized carbons (Fsp3) is 0.312. The van der Waals surface area contributed by atoms with Crippen LogP contribution in [0.1, 0.15) is 34.3 Å². The second-order valence-electron chi connectivity index (χ2n) is 5.44. The standard InChI is InChI=1S/C16H15F2NO3/c1-9-2-5-15(22-9)16(21)19-8-11(20)7-14(19)12-6-10(17)3-4-13(12)18/h2-6,11,14,20H,7-8H2,1H3/t11-,14-/m1/s1. The molecule has 0 saturated carbocycles. The lowest BCUT2D eigenvalue weighted by Crippen LogP contribution is -2.32. The second kappa shape index (κ2) is 5.53. The normalized spacial score (nSPS) is 21.4. The molecule has 0 aliphatic carbocycles. The van der Waals surface area contributed by atoms with Crippen LogP contribution in [0.5, 0.6) is 0 Å². The van der Waals surface area contributed by atoms with Crippen molar-refractivity contribution in [1.29, 1.82) is 0 Å². The number of rotatable bonds is 2. The number of amides is 1. The molecule has 1 aliphatic rings. The second-order valence-corrected chi connectivity index (χ2v) is 5.44. The maximum absolute atomic E-state index is 14.0. The molecule has 1 aromatic carbocycles. The van der Waals surface area contributed by atoms with Crippen LogP contribution in [-0.2, 0) is 0 Å². The minimum atomic E-state index is -0.785. The molecule has 2 heterocycles. The quantitative estimate of drug-likeness (QED) is 0.928. The molecule has 3 rings (SSSR count). The third-order valence-corrected chi connectivity index (χ3v) is 3.81. The molecule has 116 valence electrons. The van der Waals surface area contributed by atoms with Gasteiger partial charge in [-0.1, -0.05) is 0 Å². The molecule has 2 atom stereocenters.